The fourth-order valence-corrected chi connectivity index (χ4v) is 9.04. The van der Waals surface area contributed by atoms with Crippen molar-refractivity contribution in [2.75, 3.05) is 9.80 Å². The van der Waals surface area contributed by atoms with Crippen LogP contribution in [0.4, 0.5) is 34.1 Å². The molecular weight excluding hydrogens is 731 g/mol. The lowest BCUT2D eigenvalue weighted by Crippen LogP contribution is -2.10. The second kappa shape index (κ2) is 13.8. The van der Waals surface area contributed by atoms with E-state index in [9.17, 15) is 0 Å². The van der Waals surface area contributed by atoms with Crippen LogP contribution < -0.4 is 9.80 Å². The zero-order chi connectivity index (χ0) is 39.6. The minimum atomic E-state index is 0.847. The molecule has 282 valence electrons. The van der Waals surface area contributed by atoms with Gasteiger partial charge in [0, 0.05) is 72.8 Å². The number of fused-ring (bicyclic) bond motifs is 8. The number of H-pyrrole nitrogens is 1. The molecule has 4 heteroatoms. The summed E-state index contributed by atoms with van der Waals surface area (Å²) >= 11 is 0. The Labute approximate surface area is 346 Å². The summed E-state index contributed by atoms with van der Waals surface area (Å²) in [6, 6.07) is 78.2. The van der Waals surface area contributed by atoms with Gasteiger partial charge in [0.15, 0.2) is 0 Å². The van der Waals surface area contributed by atoms with Crippen LogP contribution in [0.2, 0.25) is 0 Å². The van der Waals surface area contributed by atoms with Crippen LogP contribution in [0.3, 0.4) is 0 Å². The van der Waals surface area contributed by atoms with Crippen molar-refractivity contribution in [3.8, 4) is 11.1 Å². The van der Waals surface area contributed by atoms with E-state index in [2.05, 4.69) is 233 Å². The van der Waals surface area contributed by atoms with Gasteiger partial charge in [0.05, 0.1) is 5.52 Å². The van der Waals surface area contributed by atoms with Gasteiger partial charge in [-0.15, -0.1) is 0 Å². The highest BCUT2D eigenvalue weighted by atomic mass is 16.3. The molecule has 0 amide bonds. The number of nitrogens with one attached hydrogen (secondary N) is 1. The first-order valence-electron chi connectivity index (χ1n) is 20.4. The molecular formula is C56H37N3O. The maximum atomic E-state index is 6.80. The Hall–Kier alpha value is -8.08. The molecule has 60 heavy (non-hydrogen) atoms. The molecule has 0 spiro atoms. The van der Waals surface area contributed by atoms with Crippen LogP contribution in [0, 0.1) is 0 Å². The van der Waals surface area contributed by atoms with E-state index in [4.69, 9.17) is 4.42 Å². The summed E-state index contributed by atoms with van der Waals surface area (Å²) in [6.45, 7) is 0. The largest absolute Gasteiger partial charge is 0.456 e. The molecule has 0 radical (unpaired) electrons. The molecule has 0 atom stereocenters. The maximum absolute atomic E-state index is 6.80. The quantitative estimate of drug-likeness (QED) is 0.175. The van der Waals surface area contributed by atoms with E-state index in [1.807, 2.05) is 0 Å². The Morgan fingerprint density at radius 1 is 0.317 bits per heavy atom. The topological polar surface area (TPSA) is 35.4 Å². The Balaban J connectivity index is 1.05. The number of rotatable bonds is 7. The highest BCUT2D eigenvalue weighted by molar-refractivity contribution is 6.15. The zero-order valence-electron chi connectivity index (χ0n) is 32.6. The van der Waals surface area contributed by atoms with Gasteiger partial charge in [-0.1, -0.05) is 121 Å². The number of hydrogen-bond donors (Lipinski definition) is 1. The average Bonchev–Trinajstić information content (AvgIpc) is 3.87. The van der Waals surface area contributed by atoms with Gasteiger partial charge in [-0.25, -0.2) is 0 Å². The number of furan rings is 1. The van der Waals surface area contributed by atoms with Crippen molar-refractivity contribution in [2.24, 2.45) is 0 Å². The van der Waals surface area contributed by atoms with Crippen molar-refractivity contribution < 1.29 is 4.42 Å². The Morgan fingerprint density at radius 3 is 1.50 bits per heavy atom. The summed E-state index contributed by atoms with van der Waals surface area (Å²) in [5, 5.41) is 9.35. The fourth-order valence-electron chi connectivity index (χ4n) is 9.04. The second-order valence-electron chi connectivity index (χ2n) is 15.5. The molecule has 0 aliphatic rings. The third-order valence-electron chi connectivity index (χ3n) is 11.9. The number of hydrogen-bond acceptors (Lipinski definition) is 3. The monoisotopic (exact) mass is 767 g/mol. The van der Waals surface area contributed by atoms with Gasteiger partial charge >= 0.3 is 0 Å². The summed E-state index contributed by atoms with van der Waals surface area (Å²) in [6.07, 6.45) is 0. The number of aromatic amines is 1. The molecule has 0 aliphatic carbocycles. The van der Waals surface area contributed by atoms with Gasteiger partial charge < -0.3 is 19.2 Å². The van der Waals surface area contributed by atoms with Crippen molar-refractivity contribution in [2.45, 2.75) is 0 Å². The Morgan fingerprint density at radius 2 is 0.833 bits per heavy atom. The van der Waals surface area contributed by atoms with Crippen LogP contribution in [0.15, 0.2) is 223 Å². The van der Waals surface area contributed by atoms with E-state index in [-0.39, 0.29) is 0 Å². The summed E-state index contributed by atoms with van der Waals surface area (Å²) in [5.41, 5.74) is 12.5. The van der Waals surface area contributed by atoms with Gasteiger partial charge in [-0.05, 0) is 118 Å². The smallest absolute Gasteiger partial charge is 0.137 e. The first-order chi connectivity index (χ1) is 29.7. The molecule has 0 saturated carbocycles. The molecule has 12 rings (SSSR count). The number of para-hydroxylation sites is 3. The van der Waals surface area contributed by atoms with E-state index in [0.29, 0.717) is 0 Å². The molecule has 2 heterocycles. The van der Waals surface area contributed by atoms with Crippen LogP contribution >= 0.6 is 0 Å². The minimum absolute atomic E-state index is 0.847. The van der Waals surface area contributed by atoms with Crippen LogP contribution in [0.1, 0.15) is 0 Å². The fraction of sp³-hybridized carbons (Fsp3) is 0. The van der Waals surface area contributed by atoms with Crippen LogP contribution in [-0.4, -0.2) is 4.98 Å². The van der Waals surface area contributed by atoms with Gasteiger partial charge in [-0.2, -0.15) is 0 Å². The third kappa shape index (κ3) is 5.69. The third-order valence-corrected chi connectivity index (χ3v) is 11.9. The molecule has 0 saturated heterocycles. The first kappa shape index (κ1) is 34.0. The number of nitrogens with zero attached hydrogens (tertiary/aromatic N) is 2. The summed E-state index contributed by atoms with van der Waals surface area (Å²) in [7, 11) is 0. The van der Waals surface area contributed by atoms with Crippen molar-refractivity contribution in [3.63, 3.8) is 0 Å². The predicted octanol–water partition coefficient (Wildman–Crippen LogP) is 16.1. The first-order valence-corrected chi connectivity index (χ1v) is 20.4. The van der Waals surface area contributed by atoms with E-state index < -0.39 is 0 Å². The van der Waals surface area contributed by atoms with E-state index in [0.717, 1.165) is 78.2 Å². The second-order valence-corrected chi connectivity index (χ2v) is 15.5. The van der Waals surface area contributed by atoms with Crippen molar-refractivity contribution in [1.29, 1.82) is 0 Å². The molecule has 0 unspecified atom stereocenters. The van der Waals surface area contributed by atoms with Gasteiger partial charge in [0.25, 0.3) is 0 Å². The minimum Gasteiger partial charge on any atom is -0.456 e. The zero-order valence-corrected chi connectivity index (χ0v) is 32.6. The molecule has 0 fully saturated rings. The molecule has 0 aliphatic heterocycles. The molecule has 2 aromatic heterocycles. The lowest BCUT2D eigenvalue weighted by molar-refractivity contribution is 0.669. The lowest BCUT2D eigenvalue weighted by atomic mass is 9.98. The van der Waals surface area contributed by atoms with Crippen molar-refractivity contribution >= 4 is 99.4 Å². The SMILES string of the molecule is c1ccc(N(c2ccccc2)c2ccc3c(c2)oc2cc(-c4cc(N(c5ccc6ccccc6c5)c5ccc6ccccc6c5)cc5c4[nH]c4ccccc45)ccc23)cc1. The molecule has 10 aromatic carbocycles. The predicted molar refractivity (Wildman–Crippen MR) is 253 cm³/mol. The Bertz CT molecular complexity index is 3450. The van der Waals surface area contributed by atoms with Gasteiger partial charge in [-0.3, -0.25) is 0 Å². The van der Waals surface area contributed by atoms with E-state index >= 15 is 0 Å². The normalized spacial score (nSPS) is 11.7. The van der Waals surface area contributed by atoms with Crippen molar-refractivity contribution in [3.05, 3.63) is 218 Å². The molecule has 4 nitrogen and oxygen atoms in total. The van der Waals surface area contributed by atoms with Crippen LogP contribution in [-0.2, 0) is 0 Å². The summed E-state index contributed by atoms with van der Waals surface area (Å²) in [4.78, 5) is 8.48. The van der Waals surface area contributed by atoms with E-state index in [1.165, 1.54) is 32.3 Å². The van der Waals surface area contributed by atoms with Crippen LogP contribution in [0.25, 0.3) is 76.4 Å². The standard InChI is InChI=1S/C56H37N3O/c1-3-17-42(18-4-1)58(43-19-5-2-6-20-43)46-28-30-50-49-29-25-41(33-54(49)60-55(50)36-46)51-34-47(35-52-48-21-11-12-22-53(48)57-56(51)52)59(44-26-23-37-13-7-9-15-39(37)31-44)45-27-24-38-14-8-10-16-40(38)32-45/h1-36,57H. The summed E-state index contributed by atoms with van der Waals surface area (Å²) < 4.78 is 6.80. The number of aromatic nitrogens is 1. The molecule has 12 aromatic rings. The Kier molecular flexibility index (Phi) is 7.82. The van der Waals surface area contributed by atoms with Gasteiger partial charge in [0.1, 0.15) is 11.2 Å². The summed E-state index contributed by atoms with van der Waals surface area (Å²) in [5.74, 6) is 0. The molecule has 0 bridgehead atoms. The highest BCUT2D eigenvalue weighted by Crippen LogP contribution is 2.45. The average molecular weight is 768 g/mol. The number of anilines is 6. The maximum Gasteiger partial charge on any atom is 0.137 e. The lowest BCUT2D eigenvalue weighted by Gasteiger charge is -2.27. The van der Waals surface area contributed by atoms with Crippen molar-refractivity contribution in [1.82, 2.24) is 4.98 Å². The van der Waals surface area contributed by atoms with Gasteiger partial charge in [0.2, 0.25) is 0 Å². The molecule has 1 N–H and O–H groups in total. The van der Waals surface area contributed by atoms with E-state index in [1.54, 1.807) is 0 Å². The van der Waals surface area contributed by atoms with Crippen LogP contribution in [0.5, 0.6) is 0 Å². The highest BCUT2D eigenvalue weighted by Gasteiger charge is 2.21. The number of benzene rings is 10.